The van der Waals surface area contributed by atoms with Crippen molar-refractivity contribution >= 4 is 16.0 Å². The lowest BCUT2D eigenvalue weighted by Crippen LogP contribution is -2.40. The van der Waals surface area contributed by atoms with Crippen LogP contribution in [0.5, 0.6) is 0 Å². The van der Waals surface area contributed by atoms with Crippen LogP contribution in [0.1, 0.15) is 13.3 Å². The minimum Gasteiger partial charge on any atom is -0.480 e. The Morgan fingerprint density at radius 2 is 1.89 bits per heavy atom. The number of benzene rings is 1. The van der Waals surface area contributed by atoms with Gasteiger partial charge in [-0.2, -0.15) is 4.72 Å². The fourth-order valence-corrected chi connectivity index (χ4v) is 2.70. The topological polar surface area (TPSA) is 83.5 Å². The molecule has 1 aromatic rings. The van der Waals surface area contributed by atoms with Gasteiger partial charge in [-0.3, -0.25) is 4.79 Å². The molecule has 5 nitrogen and oxygen atoms in total. The van der Waals surface area contributed by atoms with Crippen molar-refractivity contribution in [3.05, 3.63) is 29.8 Å². The summed E-state index contributed by atoms with van der Waals surface area (Å²) in [6.45, 7) is 1.43. The van der Waals surface area contributed by atoms with E-state index in [4.69, 9.17) is 5.11 Å². The third-order valence-electron chi connectivity index (χ3n) is 2.19. The first-order valence-electron chi connectivity index (χ1n) is 4.98. The van der Waals surface area contributed by atoms with Gasteiger partial charge in [-0.1, -0.05) is 13.0 Å². The molecule has 0 radical (unpaired) electrons. The average molecular weight is 279 g/mol. The molecule has 0 aliphatic carbocycles. The number of nitrogens with one attached hydrogen (secondary N) is 1. The summed E-state index contributed by atoms with van der Waals surface area (Å²) >= 11 is 0. The minimum absolute atomic E-state index is 0.0510. The molecule has 0 heterocycles. The van der Waals surface area contributed by atoms with Crippen LogP contribution in [0, 0.1) is 11.6 Å². The zero-order valence-electron chi connectivity index (χ0n) is 9.35. The Bertz CT molecular complexity index is 539. The molecule has 1 aromatic carbocycles. The first-order valence-corrected chi connectivity index (χ1v) is 6.47. The zero-order valence-corrected chi connectivity index (χ0v) is 10.2. The average Bonchev–Trinajstić information content (AvgIpc) is 2.25. The quantitative estimate of drug-likeness (QED) is 0.845. The van der Waals surface area contributed by atoms with Gasteiger partial charge in [0.2, 0.25) is 10.0 Å². The number of halogens is 2. The van der Waals surface area contributed by atoms with E-state index >= 15 is 0 Å². The van der Waals surface area contributed by atoms with E-state index in [1.165, 1.54) is 6.92 Å². The highest BCUT2D eigenvalue weighted by Gasteiger charge is 2.28. The lowest BCUT2D eigenvalue weighted by atomic mass is 10.2. The zero-order chi connectivity index (χ0) is 13.9. The van der Waals surface area contributed by atoms with Crippen LogP contribution in [0.15, 0.2) is 23.1 Å². The largest absolute Gasteiger partial charge is 0.480 e. The van der Waals surface area contributed by atoms with Crippen molar-refractivity contribution in [1.29, 1.82) is 0 Å². The summed E-state index contributed by atoms with van der Waals surface area (Å²) < 4.78 is 51.7. The maximum Gasteiger partial charge on any atom is 0.321 e. The van der Waals surface area contributed by atoms with Crippen molar-refractivity contribution < 1.29 is 27.1 Å². The van der Waals surface area contributed by atoms with Gasteiger partial charge in [0.15, 0.2) is 4.90 Å². The van der Waals surface area contributed by atoms with Gasteiger partial charge in [-0.25, -0.2) is 17.2 Å². The van der Waals surface area contributed by atoms with Crippen LogP contribution in [0.2, 0.25) is 0 Å². The Balaban J connectivity index is 3.19. The second-order valence-corrected chi connectivity index (χ2v) is 5.12. The third-order valence-corrected chi connectivity index (χ3v) is 3.71. The number of carbonyl (C=O) groups is 1. The van der Waals surface area contributed by atoms with Gasteiger partial charge >= 0.3 is 5.97 Å². The summed E-state index contributed by atoms with van der Waals surface area (Å²) in [5, 5.41) is 8.71. The van der Waals surface area contributed by atoms with Crippen molar-refractivity contribution in [3.63, 3.8) is 0 Å². The Hall–Kier alpha value is -1.54. The predicted octanol–water partition coefficient (Wildman–Crippen LogP) is 1.11. The number of carboxylic acids is 1. The van der Waals surface area contributed by atoms with Crippen LogP contribution in [-0.4, -0.2) is 25.5 Å². The Morgan fingerprint density at radius 1 is 1.39 bits per heavy atom. The maximum absolute atomic E-state index is 13.3. The van der Waals surface area contributed by atoms with Gasteiger partial charge in [-0.15, -0.1) is 0 Å². The molecule has 0 saturated heterocycles. The van der Waals surface area contributed by atoms with E-state index in [1.54, 1.807) is 4.72 Å². The molecule has 18 heavy (non-hydrogen) atoms. The van der Waals surface area contributed by atoms with Gasteiger partial charge in [-0.05, 0) is 18.6 Å². The summed E-state index contributed by atoms with van der Waals surface area (Å²) in [7, 11) is -4.56. The second-order valence-electron chi connectivity index (χ2n) is 3.47. The predicted molar refractivity (Wildman–Crippen MR) is 58.4 cm³/mol. The van der Waals surface area contributed by atoms with E-state index < -0.39 is 38.6 Å². The highest BCUT2D eigenvalue weighted by atomic mass is 32.2. The molecule has 0 aliphatic rings. The Morgan fingerprint density at radius 3 is 2.28 bits per heavy atom. The van der Waals surface area contributed by atoms with Gasteiger partial charge in [0.05, 0.1) is 0 Å². The molecule has 8 heteroatoms. The number of hydrogen-bond acceptors (Lipinski definition) is 3. The van der Waals surface area contributed by atoms with Crippen LogP contribution in [0.25, 0.3) is 0 Å². The SMILES string of the molecule is CC[C@@H](NS(=O)(=O)c1c(F)cccc1F)C(=O)O. The van der Waals surface area contributed by atoms with Crippen LogP contribution in [0.4, 0.5) is 8.78 Å². The van der Waals surface area contributed by atoms with Gasteiger partial charge in [0, 0.05) is 0 Å². The number of carboxylic acid groups (broad SMARTS) is 1. The summed E-state index contributed by atoms with van der Waals surface area (Å²) in [5.74, 6) is -3.97. The van der Waals surface area contributed by atoms with E-state index in [0.717, 1.165) is 18.2 Å². The van der Waals surface area contributed by atoms with Crippen LogP contribution >= 0.6 is 0 Å². The number of aliphatic carboxylic acids is 1. The van der Waals surface area contributed by atoms with Gasteiger partial charge in [0.25, 0.3) is 0 Å². The van der Waals surface area contributed by atoms with Crippen molar-refractivity contribution in [2.45, 2.75) is 24.3 Å². The maximum atomic E-state index is 13.3. The van der Waals surface area contributed by atoms with Crippen LogP contribution < -0.4 is 4.72 Å². The molecule has 0 unspecified atom stereocenters. The summed E-state index contributed by atoms with van der Waals surface area (Å²) in [6.07, 6.45) is -0.0510. The van der Waals surface area contributed by atoms with Gasteiger partial charge < -0.3 is 5.11 Å². The van der Waals surface area contributed by atoms with Crippen molar-refractivity contribution in [1.82, 2.24) is 4.72 Å². The molecule has 0 aromatic heterocycles. The molecule has 0 bridgehead atoms. The number of rotatable bonds is 5. The Kier molecular flexibility index (Phi) is 4.36. The normalized spacial score (nSPS) is 13.3. The van der Waals surface area contributed by atoms with Crippen molar-refractivity contribution in [2.75, 3.05) is 0 Å². The van der Waals surface area contributed by atoms with E-state index in [2.05, 4.69) is 0 Å². The molecule has 1 atom stereocenters. The molecule has 0 amide bonds. The molecule has 100 valence electrons. The summed E-state index contributed by atoms with van der Waals surface area (Å²) in [5.41, 5.74) is 0. The molecule has 0 aliphatic heterocycles. The van der Waals surface area contributed by atoms with E-state index in [0.29, 0.717) is 0 Å². The van der Waals surface area contributed by atoms with E-state index in [1.807, 2.05) is 0 Å². The van der Waals surface area contributed by atoms with Crippen LogP contribution in [0.3, 0.4) is 0 Å². The van der Waals surface area contributed by atoms with E-state index in [-0.39, 0.29) is 6.42 Å². The first kappa shape index (κ1) is 14.5. The van der Waals surface area contributed by atoms with E-state index in [9.17, 15) is 22.0 Å². The molecular weight excluding hydrogens is 268 g/mol. The second kappa shape index (κ2) is 5.40. The summed E-state index contributed by atoms with van der Waals surface area (Å²) in [4.78, 5) is 9.52. The van der Waals surface area contributed by atoms with Crippen molar-refractivity contribution in [2.24, 2.45) is 0 Å². The first-order chi connectivity index (χ1) is 8.29. The standard InChI is InChI=1S/C10H11F2NO4S/c1-2-8(10(14)15)13-18(16,17)9-6(11)4-3-5-7(9)12/h3-5,8,13H,2H2,1H3,(H,14,15)/t8-/m1/s1. The monoisotopic (exact) mass is 279 g/mol. The highest BCUT2D eigenvalue weighted by molar-refractivity contribution is 7.89. The molecule has 0 fully saturated rings. The molecule has 0 saturated carbocycles. The third kappa shape index (κ3) is 3.02. The molecular formula is C10H11F2NO4S. The lowest BCUT2D eigenvalue weighted by Gasteiger charge is -2.13. The van der Waals surface area contributed by atoms with Crippen molar-refractivity contribution in [3.8, 4) is 0 Å². The lowest BCUT2D eigenvalue weighted by molar-refractivity contribution is -0.139. The highest BCUT2D eigenvalue weighted by Crippen LogP contribution is 2.18. The molecule has 0 spiro atoms. The number of hydrogen-bond donors (Lipinski definition) is 2. The summed E-state index contributed by atoms with van der Waals surface area (Å²) in [6, 6.07) is 1.13. The van der Waals surface area contributed by atoms with Gasteiger partial charge in [0.1, 0.15) is 17.7 Å². The van der Waals surface area contributed by atoms with Crippen LogP contribution in [-0.2, 0) is 14.8 Å². The fraction of sp³-hybridized carbons (Fsp3) is 0.300. The number of sulfonamides is 1. The smallest absolute Gasteiger partial charge is 0.321 e. The Labute approximate surface area is 102 Å². The minimum atomic E-state index is -4.56. The fourth-order valence-electron chi connectivity index (χ4n) is 1.29. The molecule has 1 rings (SSSR count). The molecule has 2 N–H and O–H groups in total.